The highest BCUT2D eigenvalue weighted by molar-refractivity contribution is 5.14. The SMILES string of the molecule is COCC(O)(C1=CCCO1)C(C)C. The van der Waals surface area contributed by atoms with Gasteiger partial charge in [0.25, 0.3) is 0 Å². The molecule has 1 unspecified atom stereocenters. The lowest BCUT2D eigenvalue weighted by Gasteiger charge is -2.31. The minimum absolute atomic E-state index is 0.0943. The summed E-state index contributed by atoms with van der Waals surface area (Å²) in [6, 6.07) is 0. The number of hydrogen-bond acceptors (Lipinski definition) is 3. The summed E-state index contributed by atoms with van der Waals surface area (Å²) in [5.74, 6) is 0.765. The minimum atomic E-state index is -0.953. The summed E-state index contributed by atoms with van der Waals surface area (Å²) in [6.45, 7) is 4.88. The monoisotopic (exact) mass is 186 g/mol. The number of rotatable bonds is 4. The molecule has 3 heteroatoms. The van der Waals surface area contributed by atoms with Crippen LogP contribution >= 0.6 is 0 Å². The van der Waals surface area contributed by atoms with E-state index >= 15 is 0 Å². The Morgan fingerprint density at radius 2 is 2.38 bits per heavy atom. The lowest BCUT2D eigenvalue weighted by molar-refractivity contribution is -0.0680. The van der Waals surface area contributed by atoms with E-state index in [4.69, 9.17) is 9.47 Å². The van der Waals surface area contributed by atoms with Crippen molar-refractivity contribution in [3.63, 3.8) is 0 Å². The largest absolute Gasteiger partial charge is 0.495 e. The van der Waals surface area contributed by atoms with E-state index < -0.39 is 5.60 Å². The average Bonchev–Trinajstić information content (AvgIpc) is 2.56. The third-order valence-electron chi connectivity index (χ3n) is 2.45. The molecular weight excluding hydrogens is 168 g/mol. The molecule has 1 atom stereocenters. The fourth-order valence-corrected chi connectivity index (χ4v) is 1.46. The summed E-state index contributed by atoms with van der Waals surface area (Å²) in [5, 5.41) is 10.3. The fourth-order valence-electron chi connectivity index (χ4n) is 1.46. The van der Waals surface area contributed by atoms with Crippen molar-refractivity contribution in [2.24, 2.45) is 5.92 Å². The highest BCUT2D eigenvalue weighted by atomic mass is 16.5. The quantitative estimate of drug-likeness (QED) is 0.719. The number of methoxy groups -OCH3 is 1. The van der Waals surface area contributed by atoms with Crippen LogP contribution in [0, 0.1) is 5.92 Å². The van der Waals surface area contributed by atoms with E-state index in [0.717, 1.165) is 6.42 Å². The Hall–Kier alpha value is -0.540. The molecule has 0 saturated carbocycles. The summed E-state index contributed by atoms with van der Waals surface area (Å²) < 4.78 is 10.4. The molecule has 13 heavy (non-hydrogen) atoms. The van der Waals surface area contributed by atoms with Gasteiger partial charge in [0.05, 0.1) is 13.2 Å². The molecule has 0 radical (unpaired) electrons. The third kappa shape index (κ3) is 2.03. The van der Waals surface area contributed by atoms with Crippen molar-refractivity contribution in [3.05, 3.63) is 11.8 Å². The first kappa shape index (κ1) is 10.5. The first-order chi connectivity index (χ1) is 6.11. The summed E-state index contributed by atoms with van der Waals surface area (Å²) in [7, 11) is 1.59. The van der Waals surface area contributed by atoms with Gasteiger partial charge in [-0.1, -0.05) is 13.8 Å². The minimum Gasteiger partial charge on any atom is -0.495 e. The topological polar surface area (TPSA) is 38.7 Å². The van der Waals surface area contributed by atoms with Crippen LogP contribution in [0.5, 0.6) is 0 Å². The van der Waals surface area contributed by atoms with E-state index in [-0.39, 0.29) is 12.5 Å². The molecule has 0 saturated heterocycles. The first-order valence-electron chi connectivity index (χ1n) is 4.66. The van der Waals surface area contributed by atoms with Crippen molar-refractivity contribution in [1.29, 1.82) is 0 Å². The van der Waals surface area contributed by atoms with Crippen LogP contribution in [0.25, 0.3) is 0 Å². The molecule has 1 heterocycles. The van der Waals surface area contributed by atoms with E-state index in [2.05, 4.69) is 0 Å². The van der Waals surface area contributed by atoms with Crippen LogP contribution in [0.3, 0.4) is 0 Å². The molecule has 0 amide bonds. The number of hydrogen-bond donors (Lipinski definition) is 1. The fraction of sp³-hybridized carbons (Fsp3) is 0.800. The molecule has 1 rings (SSSR count). The van der Waals surface area contributed by atoms with E-state index in [0.29, 0.717) is 12.4 Å². The lowest BCUT2D eigenvalue weighted by atomic mass is 9.89. The zero-order valence-corrected chi connectivity index (χ0v) is 8.54. The molecule has 0 aromatic heterocycles. The van der Waals surface area contributed by atoms with Crippen LogP contribution in [0.2, 0.25) is 0 Å². The van der Waals surface area contributed by atoms with Crippen molar-refractivity contribution in [1.82, 2.24) is 0 Å². The van der Waals surface area contributed by atoms with Crippen LogP contribution in [0.4, 0.5) is 0 Å². The lowest BCUT2D eigenvalue weighted by Crippen LogP contribution is -2.42. The molecule has 0 spiro atoms. The van der Waals surface area contributed by atoms with Gasteiger partial charge in [-0.3, -0.25) is 0 Å². The normalized spacial score (nSPS) is 21.2. The maximum atomic E-state index is 10.3. The van der Waals surface area contributed by atoms with Crippen LogP contribution in [-0.4, -0.2) is 31.0 Å². The number of aliphatic hydroxyl groups is 1. The van der Waals surface area contributed by atoms with Gasteiger partial charge in [0.15, 0.2) is 0 Å². The molecule has 0 bridgehead atoms. The molecule has 1 aliphatic heterocycles. The van der Waals surface area contributed by atoms with Gasteiger partial charge >= 0.3 is 0 Å². The zero-order chi connectivity index (χ0) is 9.90. The Morgan fingerprint density at radius 3 is 2.77 bits per heavy atom. The van der Waals surface area contributed by atoms with Crippen molar-refractivity contribution in [3.8, 4) is 0 Å². The molecule has 3 nitrogen and oxygen atoms in total. The molecule has 1 N–H and O–H groups in total. The Kier molecular flexibility index (Phi) is 3.33. The van der Waals surface area contributed by atoms with Gasteiger partial charge in [-0.15, -0.1) is 0 Å². The highest BCUT2D eigenvalue weighted by Gasteiger charge is 2.38. The molecule has 0 aliphatic carbocycles. The molecule has 0 aromatic carbocycles. The van der Waals surface area contributed by atoms with Gasteiger partial charge in [-0.2, -0.15) is 0 Å². The van der Waals surface area contributed by atoms with E-state index in [1.165, 1.54) is 0 Å². The second-order valence-electron chi connectivity index (χ2n) is 3.72. The second kappa shape index (κ2) is 4.11. The Bertz CT molecular complexity index is 198. The summed E-state index contributed by atoms with van der Waals surface area (Å²) in [4.78, 5) is 0. The third-order valence-corrected chi connectivity index (χ3v) is 2.45. The predicted molar refractivity (Wildman–Crippen MR) is 50.3 cm³/mol. The zero-order valence-electron chi connectivity index (χ0n) is 8.54. The van der Waals surface area contributed by atoms with Crippen LogP contribution in [0.1, 0.15) is 20.3 Å². The first-order valence-corrected chi connectivity index (χ1v) is 4.66. The second-order valence-corrected chi connectivity index (χ2v) is 3.72. The van der Waals surface area contributed by atoms with Crippen LogP contribution < -0.4 is 0 Å². The van der Waals surface area contributed by atoms with Gasteiger partial charge in [-0.25, -0.2) is 0 Å². The van der Waals surface area contributed by atoms with Crippen molar-refractivity contribution < 1.29 is 14.6 Å². The Labute approximate surface area is 79.3 Å². The molecular formula is C10H18O3. The smallest absolute Gasteiger partial charge is 0.146 e. The Balaban J connectivity index is 2.76. The maximum absolute atomic E-state index is 10.3. The van der Waals surface area contributed by atoms with Gasteiger partial charge in [0.1, 0.15) is 11.4 Å². The van der Waals surface area contributed by atoms with Crippen LogP contribution in [-0.2, 0) is 9.47 Å². The summed E-state index contributed by atoms with van der Waals surface area (Å²) >= 11 is 0. The predicted octanol–water partition coefficient (Wildman–Crippen LogP) is 1.32. The number of ether oxygens (including phenoxy) is 2. The molecule has 76 valence electrons. The van der Waals surface area contributed by atoms with Gasteiger partial charge in [0, 0.05) is 13.5 Å². The summed E-state index contributed by atoms with van der Waals surface area (Å²) in [5.41, 5.74) is -0.953. The van der Waals surface area contributed by atoms with E-state index in [1.54, 1.807) is 7.11 Å². The van der Waals surface area contributed by atoms with Crippen molar-refractivity contribution in [2.75, 3.05) is 20.3 Å². The standard InChI is InChI=1S/C10H18O3/c1-8(2)10(11,7-12-3)9-5-4-6-13-9/h5,8,11H,4,6-7H2,1-3H3. The van der Waals surface area contributed by atoms with E-state index in [1.807, 2.05) is 19.9 Å². The van der Waals surface area contributed by atoms with E-state index in [9.17, 15) is 5.11 Å². The molecule has 0 fully saturated rings. The van der Waals surface area contributed by atoms with Crippen LogP contribution in [0.15, 0.2) is 11.8 Å². The molecule has 0 aromatic rings. The van der Waals surface area contributed by atoms with Gasteiger partial charge in [0.2, 0.25) is 0 Å². The highest BCUT2D eigenvalue weighted by Crippen LogP contribution is 2.30. The summed E-state index contributed by atoms with van der Waals surface area (Å²) in [6.07, 6.45) is 2.83. The van der Waals surface area contributed by atoms with Gasteiger partial charge < -0.3 is 14.6 Å². The molecule has 1 aliphatic rings. The van der Waals surface area contributed by atoms with Gasteiger partial charge in [-0.05, 0) is 12.0 Å². The van der Waals surface area contributed by atoms with Crippen molar-refractivity contribution in [2.45, 2.75) is 25.9 Å². The van der Waals surface area contributed by atoms with Crippen molar-refractivity contribution >= 4 is 0 Å². The Morgan fingerprint density at radius 1 is 1.69 bits per heavy atom. The maximum Gasteiger partial charge on any atom is 0.146 e. The average molecular weight is 186 g/mol.